The Morgan fingerprint density at radius 3 is 2.65 bits per heavy atom. The summed E-state index contributed by atoms with van der Waals surface area (Å²) in [5.74, 6) is -2.26. The van der Waals surface area contributed by atoms with Crippen molar-refractivity contribution < 1.29 is 23.4 Å². The molecule has 0 saturated heterocycles. The lowest BCUT2D eigenvalue weighted by atomic mass is 9.88. The van der Waals surface area contributed by atoms with Crippen LogP contribution in [0.1, 0.15) is 30.4 Å². The first-order valence-electron chi connectivity index (χ1n) is 8.17. The van der Waals surface area contributed by atoms with Crippen LogP contribution in [0.2, 0.25) is 0 Å². The van der Waals surface area contributed by atoms with E-state index in [1.54, 1.807) is 37.3 Å². The van der Waals surface area contributed by atoms with Crippen LogP contribution >= 0.6 is 0 Å². The van der Waals surface area contributed by atoms with Crippen molar-refractivity contribution in [3.8, 4) is 5.75 Å². The van der Waals surface area contributed by atoms with Gasteiger partial charge in [0.1, 0.15) is 17.1 Å². The second-order valence-electron chi connectivity index (χ2n) is 5.76. The number of fused-ring (bicyclic) bond motifs is 1. The molecule has 6 heteroatoms. The molecular formula is C20H17FO5. The summed E-state index contributed by atoms with van der Waals surface area (Å²) >= 11 is 0. The monoisotopic (exact) mass is 356 g/mol. The molecule has 0 spiro atoms. The van der Waals surface area contributed by atoms with Crippen molar-refractivity contribution in [1.29, 1.82) is 0 Å². The molecule has 0 aliphatic rings. The fourth-order valence-electron chi connectivity index (χ4n) is 2.94. The molecule has 1 aromatic heterocycles. The molecule has 0 bridgehead atoms. The Kier molecular flexibility index (Phi) is 5.02. The third kappa shape index (κ3) is 3.44. The van der Waals surface area contributed by atoms with Crippen LogP contribution in [0.25, 0.3) is 11.0 Å². The van der Waals surface area contributed by atoms with E-state index in [1.807, 2.05) is 0 Å². The zero-order chi connectivity index (χ0) is 18.7. The summed E-state index contributed by atoms with van der Waals surface area (Å²) in [4.78, 5) is 24.6. The highest BCUT2D eigenvalue weighted by Gasteiger charge is 2.27. The Bertz CT molecular complexity index is 994. The van der Waals surface area contributed by atoms with Gasteiger partial charge in [0.2, 0.25) is 0 Å². The van der Waals surface area contributed by atoms with Gasteiger partial charge < -0.3 is 14.3 Å². The zero-order valence-corrected chi connectivity index (χ0v) is 14.1. The van der Waals surface area contributed by atoms with Crippen LogP contribution in [0.4, 0.5) is 4.39 Å². The molecule has 3 rings (SSSR count). The summed E-state index contributed by atoms with van der Waals surface area (Å²) in [6.07, 6.45) is -0.156. The van der Waals surface area contributed by atoms with Crippen LogP contribution in [-0.2, 0) is 9.53 Å². The van der Waals surface area contributed by atoms with Crippen LogP contribution in [-0.4, -0.2) is 17.7 Å². The molecule has 0 saturated carbocycles. The van der Waals surface area contributed by atoms with Gasteiger partial charge in [-0.05, 0) is 30.7 Å². The topological polar surface area (TPSA) is 76.7 Å². The molecule has 0 amide bonds. The molecule has 26 heavy (non-hydrogen) atoms. The first kappa shape index (κ1) is 17.7. The Morgan fingerprint density at radius 2 is 1.96 bits per heavy atom. The first-order valence-corrected chi connectivity index (χ1v) is 8.17. The minimum Gasteiger partial charge on any atom is -0.507 e. The molecule has 134 valence electrons. The van der Waals surface area contributed by atoms with E-state index in [2.05, 4.69) is 0 Å². The summed E-state index contributed by atoms with van der Waals surface area (Å²) in [6, 6.07) is 12.3. The predicted molar refractivity (Wildman–Crippen MR) is 93.6 cm³/mol. The van der Waals surface area contributed by atoms with Crippen molar-refractivity contribution in [2.24, 2.45) is 0 Å². The van der Waals surface area contributed by atoms with E-state index in [1.165, 1.54) is 6.07 Å². The van der Waals surface area contributed by atoms with Gasteiger partial charge in [-0.2, -0.15) is 0 Å². The second-order valence-corrected chi connectivity index (χ2v) is 5.76. The van der Waals surface area contributed by atoms with Crippen molar-refractivity contribution in [2.75, 3.05) is 6.61 Å². The summed E-state index contributed by atoms with van der Waals surface area (Å²) in [5.41, 5.74) is -0.165. The van der Waals surface area contributed by atoms with Crippen molar-refractivity contribution in [3.05, 3.63) is 75.9 Å². The highest BCUT2D eigenvalue weighted by Crippen LogP contribution is 2.36. The lowest BCUT2D eigenvalue weighted by molar-refractivity contribution is -0.143. The summed E-state index contributed by atoms with van der Waals surface area (Å²) < 4.78 is 23.8. The largest absolute Gasteiger partial charge is 0.507 e. The van der Waals surface area contributed by atoms with Crippen LogP contribution in [0.5, 0.6) is 5.75 Å². The molecule has 0 fully saturated rings. The van der Waals surface area contributed by atoms with Crippen LogP contribution in [0, 0.1) is 5.82 Å². The van der Waals surface area contributed by atoms with Gasteiger partial charge in [0.15, 0.2) is 0 Å². The number of halogens is 1. The average molecular weight is 356 g/mol. The molecule has 1 heterocycles. The van der Waals surface area contributed by atoms with E-state index in [9.17, 15) is 19.1 Å². The van der Waals surface area contributed by atoms with Gasteiger partial charge in [-0.3, -0.25) is 4.79 Å². The maximum atomic E-state index is 13.6. The number of aromatic hydroxyl groups is 1. The highest BCUT2D eigenvalue weighted by molar-refractivity contribution is 5.85. The SMILES string of the molecule is CCOC(=O)CC(c1ccccc1)c1c(O)c2cc(F)ccc2oc1=O. The fourth-order valence-corrected chi connectivity index (χ4v) is 2.94. The second kappa shape index (κ2) is 7.39. The van der Waals surface area contributed by atoms with Gasteiger partial charge >= 0.3 is 11.6 Å². The van der Waals surface area contributed by atoms with Crippen molar-refractivity contribution in [1.82, 2.24) is 0 Å². The molecule has 0 aliphatic heterocycles. The van der Waals surface area contributed by atoms with E-state index in [4.69, 9.17) is 9.15 Å². The fraction of sp³-hybridized carbons (Fsp3) is 0.200. The molecule has 5 nitrogen and oxygen atoms in total. The lowest BCUT2D eigenvalue weighted by Gasteiger charge is -2.18. The Labute approximate surface area is 148 Å². The number of hydrogen-bond donors (Lipinski definition) is 1. The van der Waals surface area contributed by atoms with Crippen molar-refractivity contribution >= 4 is 16.9 Å². The molecule has 1 N–H and O–H groups in total. The molecule has 0 radical (unpaired) electrons. The van der Waals surface area contributed by atoms with Gasteiger partial charge in [0.05, 0.1) is 24.0 Å². The predicted octanol–water partition coefficient (Wildman–Crippen LogP) is 3.72. The molecule has 3 aromatic rings. The Morgan fingerprint density at radius 1 is 1.23 bits per heavy atom. The summed E-state index contributed by atoms with van der Waals surface area (Å²) in [5, 5.41) is 10.7. The maximum absolute atomic E-state index is 13.6. The van der Waals surface area contributed by atoms with Gasteiger partial charge in [0, 0.05) is 5.92 Å². The smallest absolute Gasteiger partial charge is 0.343 e. The molecule has 1 atom stereocenters. The van der Waals surface area contributed by atoms with Crippen LogP contribution in [0.15, 0.2) is 57.7 Å². The standard InChI is InChI=1S/C20H17FO5/c1-2-25-17(22)11-14(12-6-4-3-5-7-12)18-19(23)15-10-13(21)8-9-16(15)26-20(18)24/h3-10,14,23H,2,11H2,1H3. The average Bonchev–Trinajstić information content (AvgIpc) is 2.62. The van der Waals surface area contributed by atoms with Gasteiger partial charge in [-0.15, -0.1) is 0 Å². The van der Waals surface area contributed by atoms with E-state index in [0.717, 1.165) is 12.1 Å². The zero-order valence-electron chi connectivity index (χ0n) is 14.1. The van der Waals surface area contributed by atoms with E-state index < -0.39 is 29.1 Å². The number of rotatable bonds is 5. The summed E-state index contributed by atoms with van der Waals surface area (Å²) in [7, 11) is 0. The normalized spacial score (nSPS) is 12.1. The molecule has 0 aliphatic carbocycles. The van der Waals surface area contributed by atoms with Gasteiger partial charge in [-0.25, -0.2) is 9.18 Å². The number of ether oxygens (including phenoxy) is 1. The number of carbonyl (C=O) groups is 1. The summed E-state index contributed by atoms with van der Waals surface area (Å²) in [6.45, 7) is 1.88. The quantitative estimate of drug-likeness (QED) is 0.557. The minimum atomic E-state index is -0.779. The highest BCUT2D eigenvalue weighted by atomic mass is 19.1. The first-order chi connectivity index (χ1) is 12.5. The third-order valence-electron chi connectivity index (χ3n) is 4.10. The Balaban J connectivity index is 2.20. The number of esters is 1. The van der Waals surface area contributed by atoms with E-state index >= 15 is 0 Å². The minimum absolute atomic E-state index is 0.0700. The Hall–Kier alpha value is -3.15. The lowest BCUT2D eigenvalue weighted by Crippen LogP contribution is -2.18. The van der Waals surface area contributed by atoms with Gasteiger partial charge in [-0.1, -0.05) is 30.3 Å². The van der Waals surface area contributed by atoms with Gasteiger partial charge in [0.25, 0.3) is 0 Å². The number of carbonyl (C=O) groups excluding carboxylic acids is 1. The van der Waals surface area contributed by atoms with E-state index in [0.29, 0.717) is 5.56 Å². The van der Waals surface area contributed by atoms with E-state index in [-0.39, 0.29) is 29.6 Å². The third-order valence-corrected chi connectivity index (χ3v) is 4.10. The van der Waals surface area contributed by atoms with Crippen LogP contribution < -0.4 is 5.63 Å². The van der Waals surface area contributed by atoms with Crippen LogP contribution in [0.3, 0.4) is 0 Å². The molecule has 1 unspecified atom stereocenters. The number of benzene rings is 2. The molecule has 2 aromatic carbocycles. The van der Waals surface area contributed by atoms with Crippen molar-refractivity contribution in [2.45, 2.75) is 19.3 Å². The van der Waals surface area contributed by atoms with Crippen molar-refractivity contribution in [3.63, 3.8) is 0 Å². The molecular weight excluding hydrogens is 339 g/mol. The number of hydrogen-bond acceptors (Lipinski definition) is 5. The maximum Gasteiger partial charge on any atom is 0.343 e.